The number of nitrogens with zero attached hydrogens (tertiary/aromatic N) is 4. The van der Waals surface area contributed by atoms with Crippen molar-refractivity contribution in [2.24, 2.45) is 5.92 Å². The second kappa shape index (κ2) is 11.6. The van der Waals surface area contributed by atoms with Crippen molar-refractivity contribution >= 4 is 11.7 Å². The number of hydrogen-bond donors (Lipinski definition) is 0. The molecule has 5 rings (SSSR count). The molecule has 2 saturated heterocycles. The molecule has 0 N–H and O–H groups in total. The third-order valence-electron chi connectivity index (χ3n) is 8.41. The SMILES string of the molecule is O=C(C1CCCCC1)N(c1ccc(C(F)(F)F)cn1)C1CCN(C2CCN(Cc3ccco3)CC2)CC1. The highest BCUT2D eigenvalue weighted by Gasteiger charge is 2.37. The van der Waals surface area contributed by atoms with Gasteiger partial charge < -0.3 is 9.32 Å². The van der Waals surface area contributed by atoms with Gasteiger partial charge in [-0.25, -0.2) is 4.98 Å². The van der Waals surface area contributed by atoms with Crippen molar-refractivity contribution in [3.8, 4) is 0 Å². The predicted octanol–water partition coefficient (Wildman–Crippen LogP) is 5.74. The van der Waals surface area contributed by atoms with Crippen molar-refractivity contribution in [3.63, 3.8) is 0 Å². The standard InChI is InChI=1S/C28H37F3N4O2/c29-28(30,31)22-8-9-26(32-19-22)35(27(36)21-5-2-1-3-6-21)24-12-16-34(17-13-24)23-10-14-33(15-11-23)20-25-7-4-18-37-25/h4,7-9,18-19,21,23-24H,1-3,5-6,10-17,20H2. The summed E-state index contributed by atoms with van der Waals surface area (Å²) in [5.41, 5.74) is -0.783. The average molecular weight is 519 g/mol. The largest absolute Gasteiger partial charge is 0.468 e. The minimum absolute atomic E-state index is 0.0334. The Hall–Kier alpha value is -2.39. The number of pyridine rings is 1. The maximum absolute atomic E-state index is 13.7. The fourth-order valence-corrected chi connectivity index (χ4v) is 6.30. The van der Waals surface area contributed by atoms with Gasteiger partial charge in [0.05, 0.1) is 18.4 Å². The van der Waals surface area contributed by atoms with Crippen LogP contribution in [-0.4, -0.2) is 59.0 Å². The number of furan rings is 1. The van der Waals surface area contributed by atoms with Crippen LogP contribution in [0.4, 0.5) is 19.0 Å². The highest BCUT2D eigenvalue weighted by atomic mass is 19.4. The third-order valence-corrected chi connectivity index (χ3v) is 8.41. The summed E-state index contributed by atoms with van der Waals surface area (Å²) < 4.78 is 44.9. The predicted molar refractivity (Wildman–Crippen MR) is 135 cm³/mol. The van der Waals surface area contributed by atoms with E-state index in [0.29, 0.717) is 11.9 Å². The number of likely N-dealkylation sites (tertiary alicyclic amines) is 2. The first-order chi connectivity index (χ1) is 17.9. The molecule has 2 aromatic rings. The van der Waals surface area contributed by atoms with Gasteiger partial charge in [-0.05, 0) is 62.8 Å². The fraction of sp³-hybridized carbons (Fsp3) is 0.643. The number of alkyl halides is 3. The van der Waals surface area contributed by atoms with E-state index in [9.17, 15) is 18.0 Å². The zero-order valence-corrected chi connectivity index (χ0v) is 21.3. The Bertz CT molecular complexity index is 989. The number of carbonyl (C=O) groups is 1. The van der Waals surface area contributed by atoms with Crippen molar-refractivity contribution in [2.45, 2.75) is 82.6 Å². The fourth-order valence-electron chi connectivity index (χ4n) is 6.30. The van der Waals surface area contributed by atoms with Crippen LogP contribution in [0.2, 0.25) is 0 Å². The molecule has 1 amide bonds. The molecule has 202 valence electrons. The second-order valence-electron chi connectivity index (χ2n) is 10.8. The van der Waals surface area contributed by atoms with Crippen LogP contribution in [0.15, 0.2) is 41.1 Å². The molecule has 6 nitrogen and oxygen atoms in total. The summed E-state index contributed by atoms with van der Waals surface area (Å²) in [7, 11) is 0. The summed E-state index contributed by atoms with van der Waals surface area (Å²) in [6.45, 7) is 4.70. The van der Waals surface area contributed by atoms with Crippen molar-refractivity contribution in [3.05, 3.63) is 48.0 Å². The molecule has 4 heterocycles. The molecule has 1 aliphatic carbocycles. The van der Waals surface area contributed by atoms with E-state index in [0.717, 1.165) is 109 Å². The average Bonchev–Trinajstić information content (AvgIpc) is 3.43. The molecule has 0 spiro atoms. The van der Waals surface area contributed by atoms with Gasteiger partial charge in [0, 0.05) is 50.4 Å². The Morgan fingerprint density at radius 1 is 0.973 bits per heavy atom. The van der Waals surface area contributed by atoms with Gasteiger partial charge in [0.25, 0.3) is 0 Å². The van der Waals surface area contributed by atoms with Crippen LogP contribution in [0.25, 0.3) is 0 Å². The molecule has 2 aliphatic heterocycles. The Morgan fingerprint density at radius 3 is 2.30 bits per heavy atom. The van der Waals surface area contributed by atoms with Gasteiger partial charge in [-0.15, -0.1) is 0 Å². The van der Waals surface area contributed by atoms with Gasteiger partial charge in [-0.3, -0.25) is 14.6 Å². The lowest BCUT2D eigenvalue weighted by Gasteiger charge is -2.44. The highest BCUT2D eigenvalue weighted by Crippen LogP contribution is 2.34. The molecule has 37 heavy (non-hydrogen) atoms. The number of aromatic nitrogens is 1. The van der Waals surface area contributed by atoms with Gasteiger partial charge in [-0.1, -0.05) is 19.3 Å². The van der Waals surface area contributed by atoms with E-state index in [-0.39, 0.29) is 17.9 Å². The van der Waals surface area contributed by atoms with Gasteiger partial charge in [0.15, 0.2) is 0 Å². The number of hydrogen-bond acceptors (Lipinski definition) is 5. The van der Waals surface area contributed by atoms with E-state index in [2.05, 4.69) is 14.8 Å². The zero-order valence-electron chi connectivity index (χ0n) is 21.3. The summed E-state index contributed by atoms with van der Waals surface area (Å²) in [6, 6.07) is 6.87. The van der Waals surface area contributed by atoms with Crippen molar-refractivity contribution in [1.29, 1.82) is 0 Å². The topological polar surface area (TPSA) is 52.8 Å². The van der Waals surface area contributed by atoms with Gasteiger partial charge in [0.1, 0.15) is 11.6 Å². The highest BCUT2D eigenvalue weighted by molar-refractivity contribution is 5.94. The van der Waals surface area contributed by atoms with Crippen LogP contribution >= 0.6 is 0 Å². The molecule has 0 atom stereocenters. The number of anilines is 1. The number of amides is 1. The van der Waals surface area contributed by atoms with Crippen LogP contribution in [0.3, 0.4) is 0 Å². The molecule has 0 unspecified atom stereocenters. The summed E-state index contributed by atoms with van der Waals surface area (Å²) >= 11 is 0. The van der Waals surface area contributed by atoms with E-state index < -0.39 is 11.7 Å². The van der Waals surface area contributed by atoms with Crippen LogP contribution < -0.4 is 4.90 Å². The molecule has 1 saturated carbocycles. The minimum atomic E-state index is -4.44. The van der Waals surface area contributed by atoms with E-state index in [1.165, 1.54) is 6.07 Å². The quantitative estimate of drug-likeness (QED) is 0.489. The first-order valence-electron chi connectivity index (χ1n) is 13.7. The van der Waals surface area contributed by atoms with E-state index in [1.807, 2.05) is 12.1 Å². The Balaban J connectivity index is 1.22. The van der Waals surface area contributed by atoms with Gasteiger partial charge in [-0.2, -0.15) is 13.2 Å². The third kappa shape index (κ3) is 6.37. The molecular weight excluding hydrogens is 481 g/mol. The maximum Gasteiger partial charge on any atom is 0.417 e. The van der Waals surface area contributed by atoms with Crippen LogP contribution in [-0.2, 0) is 17.5 Å². The molecule has 2 aromatic heterocycles. The molecular formula is C28H37F3N4O2. The first-order valence-corrected chi connectivity index (χ1v) is 13.7. The summed E-state index contributed by atoms with van der Waals surface area (Å²) in [6.07, 6.45) is 6.88. The second-order valence-corrected chi connectivity index (χ2v) is 10.8. The van der Waals surface area contributed by atoms with Crippen molar-refractivity contribution in [2.75, 3.05) is 31.1 Å². The molecule has 3 fully saturated rings. The van der Waals surface area contributed by atoms with Crippen LogP contribution in [0.5, 0.6) is 0 Å². The molecule has 0 aromatic carbocycles. The normalized spacial score (nSPS) is 21.8. The molecule has 9 heteroatoms. The Morgan fingerprint density at radius 2 is 1.70 bits per heavy atom. The number of halogens is 3. The van der Waals surface area contributed by atoms with E-state index >= 15 is 0 Å². The lowest BCUT2D eigenvalue weighted by atomic mass is 9.87. The lowest BCUT2D eigenvalue weighted by molar-refractivity contribution is -0.137. The van der Waals surface area contributed by atoms with Gasteiger partial charge >= 0.3 is 6.18 Å². The van der Waals surface area contributed by atoms with Crippen LogP contribution in [0.1, 0.15) is 69.1 Å². The van der Waals surface area contributed by atoms with E-state index in [1.54, 1.807) is 11.2 Å². The lowest BCUT2D eigenvalue weighted by Crippen LogP contribution is -2.53. The smallest absolute Gasteiger partial charge is 0.417 e. The number of carbonyl (C=O) groups excluding carboxylic acids is 1. The van der Waals surface area contributed by atoms with Crippen molar-refractivity contribution in [1.82, 2.24) is 14.8 Å². The Labute approximate surface area is 216 Å². The molecule has 0 bridgehead atoms. The summed E-state index contributed by atoms with van der Waals surface area (Å²) in [4.78, 5) is 24.5. The first kappa shape index (κ1) is 26.2. The zero-order chi connectivity index (χ0) is 25.8. The monoisotopic (exact) mass is 518 g/mol. The van der Waals surface area contributed by atoms with Gasteiger partial charge in [0.2, 0.25) is 5.91 Å². The summed E-state index contributed by atoms with van der Waals surface area (Å²) in [5, 5.41) is 0. The Kier molecular flexibility index (Phi) is 8.19. The minimum Gasteiger partial charge on any atom is -0.468 e. The molecule has 3 aliphatic rings. The summed E-state index contributed by atoms with van der Waals surface area (Å²) in [5.74, 6) is 1.33. The van der Waals surface area contributed by atoms with Crippen molar-refractivity contribution < 1.29 is 22.4 Å². The number of rotatable bonds is 6. The van der Waals surface area contributed by atoms with E-state index in [4.69, 9.17) is 4.42 Å². The van der Waals surface area contributed by atoms with Crippen LogP contribution in [0, 0.1) is 5.92 Å². The maximum atomic E-state index is 13.7. The number of piperidine rings is 2. The molecule has 0 radical (unpaired) electrons.